The van der Waals surface area contributed by atoms with E-state index in [2.05, 4.69) is 19.2 Å². The molecule has 0 bridgehead atoms. The van der Waals surface area contributed by atoms with Crippen molar-refractivity contribution in [2.75, 3.05) is 19.8 Å². The van der Waals surface area contributed by atoms with Gasteiger partial charge in [-0.1, -0.05) is 26.0 Å². The Balaban J connectivity index is 1.92. The van der Waals surface area contributed by atoms with E-state index in [-0.39, 0.29) is 18.0 Å². The van der Waals surface area contributed by atoms with Crippen molar-refractivity contribution in [3.63, 3.8) is 0 Å². The van der Waals surface area contributed by atoms with E-state index in [0.29, 0.717) is 12.6 Å². The number of halogens is 1. The lowest BCUT2D eigenvalue weighted by Crippen LogP contribution is -2.32. The van der Waals surface area contributed by atoms with Crippen LogP contribution in [0.5, 0.6) is 0 Å². The largest absolute Gasteiger partial charge is 0.376 e. The van der Waals surface area contributed by atoms with Crippen molar-refractivity contribution < 1.29 is 13.9 Å². The van der Waals surface area contributed by atoms with Gasteiger partial charge < -0.3 is 14.8 Å². The highest BCUT2D eigenvalue weighted by Crippen LogP contribution is 2.20. The van der Waals surface area contributed by atoms with Gasteiger partial charge in [0.2, 0.25) is 0 Å². The van der Waals surface area contributed by atoms with Crippen molar-refractivity contribution in [3.05, 3.63) is 35.6 Å². The Kier molecular flexibility index (Phi) is 6.61. The average Bonchev–Trinajstić information content (AvgIpc) is 2.49. The fourth-order valence-corrected chi connectivity index (χ4v) is 2.46. The summed E-state index contributed by atoms with van der Waals surface area (Å²) in [4.78, 5) is 0. The summed E-state index contributed by atoms with van der Waals surface area (Å²) in [5.41, 5.74) is 1.00. The molecule has 21 heavy (non-hydrogen) atoms. The van der Waals surface area contributed by atoms with E-state index in [9.17, 15) is 4.39 Å². The fourth-order valence-electron chi connectivity index (χ4n) is 2.46. The molecule has 118 valence electrons. The minimum absolute atomic E-state index is 0.0708. The summed E-state index contributed by atoms with van der Waals surface area (Å²) in [7, 11) is 0. The first kappa shape index (κ1) is 16.4. The van der Waals surface area contributed by atoms with Crippen molar-refractivity contribution in [2.24, 2.45) is 0 Å². The van der Waals surface area contributed by atoms with Gasteiger partial charge in [0.1, 0.15) is 5.82 Å². The topological polar surface area (TPSA) is 30.5 Å². The molecule has 2 atom stereocenters. The van der Waals surface area contributed by atoms with E-state index in [1.54, 1.807) is 12.1 Å². The van der Waals surface area contributed by atoms with Crippen molar-refractivity contribution in [1.82, 2.24) is 5.32 Å². The lowest BCUT2D eigenvalue weighted by Gasteiger charge is -2.26. The van der Waals surface area contributed by atoms with Crippen LogP contribution in [0.4, 0.5) is 4.39 Å². The van der Waals surface area contributed by atoms with E-state index in [1.165, 1.54) is 18.6 Å². The summed E-state index contributed by atoms with van der Waals surface area (Å²) < 4.78 is 24.8. The van der Waals surface area contributed by atoms with Gasteiger partial charge in [-0.3, -0.25) is 0 Å². The third-order valence-electron chi connectivity index (χ3n) is 3.71. The molecule has 3 nitrogen and oxygen atoms in total. The zero-order valence-corrected chi connectivity index (χ0v) is 13.0. The molecule has 0 saturated carbocycles. The SMILES string of the molecule is CC(C)NCC(OCC1CCCCO1)c1ccc(F)cc1. The van der Waals surface area contributed by atoms with Gasteiger partial charge in [-0.15, -0.1) is 0 Å². The van der Waals surface area contributed by atoms with Crippen LogP contribution in [0.25, 0.3) is 0 Å². The average molecular weight is 295 g/mol. The standard InChI is InChI=1S/C17H26FNO2/c1-13(2)19-11-17(14-6-8-15(18)9-7-14)21-12-16-5-3-4-10-20-16/h6-9,13,16-17,19H,3-5,10-12H2,1-2H3. The second-order valence-corrected chi connectivity index (χ2v) is 5.93. The number of hydrogen-bond donors (Lipinski definition) is 1. The van der Waals surface area contributed by atoms with Gasteiger partial charge >= 0.3 is 0 Å². The molecule has 1 N–H and O–H groups in total. The zero-order chi connectivity index (χ0) is 15.1. The Hall–Kier alpha value is -0.970. The van der Waals surface area contributed by atoms with Crippen LogP contribution < -0.4 is 5.32 Å². The zero-order valence-electron chi connectivity index (χ0n) is 13.0. The van der Waals surface area contributed by atoms with Gasteiger partial charge in [0.25, 0.3) is 0 Å². The van der Waals surface area contributed by atoms with Crippen molar-refractivity contribution in [3.8, 4) is 0 Å². The maximum Gasteiger partial charge on any atom is 0.123 e. The predicted octanol–water partition coefficient (Wildman–Crippen LogP) is 3.45. The van der Waals surface area contributed by atoms with Crippen molar-refractivity contribution >= 4 is 0 Å². The summed E-state index contributed by atoms with van der Waals surface area (Å²) in [5, 5.41) is 3.39. The van der Waals surface area contributed by atoms with Gasteiger partial charge in [-0.25, -0.2) is 4.39 Å². The number of nitrogens with one attached hydrogen (secondary N) is 1. The van der Waals surface area contributed by atoms with Crippen LogP contribution in [-0.4, -0.2) is 31.9 Å². The van der Waals surface area contributed by atoms with Crippen LogP contribution in [0.15, 0.2) is 24.3 Å². The molecule has 0 spiro atoms. The lowest BCUT2D eigenvalue weighted by atomic mass is 10.1. The van der Waals surface area contributed by atoms with Gasteiger partial charge in [-0.05, 0) is 37.0 Å². The van der Waals surface area contributed by atoms with Gasteiger partial charge in [0.15, 0.2) is 0 Å². The number of ether oxygens (including phenoxy) is 2. The first-order valence-electron chi connectivity index (χ1n) is 7.87. The summed E-state index contributed by atoms with van der Waals surface area (Å²) >= 11 is 0. The summed E-state index contributed by atoms with van der Waals surface area (Å²) in [6, 6.07) is 6.95. The monoisotopic (exact) mass is 295 g/mol. The molecule has 1 aliphatic heterocycles. The van der Waals surface area contributed by atoms with E-state index in [0.717, 1.165) is 31.6 Å². The predicted molar refractivity (Wildman–Crippen MR) is 81.8 cm³/mol. The normalized spacial score (nSPS) is 20.7. The Morgan fingerprint density at radius 1 is 1.29 bits per heavy atom. The van der Waals surface area contributed by atoms with Crippen LogP contribution in [0.2, 0.25) is 0 Å². The Bertz CT molecular complexity index is 402. The van der Waals surface area contributed by atoms with E-state index >= 15 is 0 Å². The number of hydrogen-bond acceptors (Lipinski definition) is 3. The smallest absolute Gasteiger partial charge is 0.123 e. The van der Waals surface area contributed by atoms with E-state index < -0.39 is 0 Å². The summed E-state index contributed by atoms with van der Waals surface area (Å²) in [5.74, 6) is -0.218. The second-order valence-electron chi connectivity index (χ2n) is 5.93. The second kappa shape index (κ2) is 8.47. The summed E-state index contributed by atoms with van der Waals surface area (Å²) in [6.07, 6.45) is 3.54. The molecule has 0 amide bonds. The van der Waals surface area contributed by atoms with Crippen LogP contribution in [0.3, 0.4) is 0 Å². The Morgan fingerprint density at radius 3 is 2.67 bits per heavy atom. The molecule has 1 fully saturated rings. The molecule has 4 heteroatoms. The van der Waals surface area contributed by atoms with Crippen LogP contribution in [-0.2, 0) is 9.47 Å². The molecule has 0 radical (unpaired) electrons. The maximum atomic E-state index is 13.1. The third kappa shape index (κ3) is 5.73. The molecule has 2 rings (SSSR count). The highest BCUT2D eigenvalue weighted by Gasteiger charge is 2.18. The van der Waals surface area contributed by atoms with Gasteiger partial charge in [0.05, 0.1) is 18.8 Å². The minimum atomic E-state index is -0.218. The quantitative estimate of drug-likeness (QED) is 0.836. The Morgan fingerprint density at radius 2 is 2.05 bits per heavy atom. The van der Waals surface area contributed by atoms with E-state index in [4.69, 9.17) is 9.47 Å². The minimum Gasteiger partial charge on any atom is -0.376 e. The number of benzene rings is 1. The highest BCUT2D eigenvalue weighted by atomic mass is 19.1. The van der Waals surface area contributed by atoms with Crippen LogP contribution >= 0.6 is 0 Å². The molecular formula is C17H26FNO2. The van der Waals surface area contributed by atoms with Crippen molar-refractivity contribution in [2.45, 2.75) is 51.4 Å². The first-order valence-corrected chi connectivity index (χ1v) is 7.87. The molecule has 1 aliphatic rings. The molecule has 0 aliphatic carbocycles. The lowest BCUT2D eigenvalue weighted by molar-refractivity contribution is -0.0636. The number of rotatable bonds is 7. The maximum absolute atomic E-state index is 13.1. The van der Waals surface area contributed by atoms with Crippen LogP contribution in [0, 0.1) is 5.82 Å². The first-order chi connectivity index (χ1) is 10.1. The highest BCUT2D eigenvalue weighted by molar-refractivity contribution is 5.19. The molecule has 2 unspecified atom stereocenters. The van der Waals surface area contributed by atoms with E-state index in [1.807, 2.05) is 0 Å². The van der Waals surface area contributed by atoms with Crippen molar-refractivity contribution in [1.29, 1.82) is 0 Å². The molecular weight excluding hydrogens is 269 g/mol. The van der Waals surface area contributed by atoms with Gasteiger partial charge in [-0.2, -0.15) is 0 Å². The Labute approximate surface area is 126 Å². The van der Waals surface area contributed by atoms with Crippen LogP contribution in [0.1, 0.15) is 44.8 Å². The molecule has 1 aromatic rings. The fraction of sp³-hybridized carbons (Fsp3) is 0.647. The van der Waals surface area contributed by atoms with Gasteiger partial charge in [0, 0.05) is 19.2 Å². The molecule has 1 aromatic carbocycles. The molecule has 1 heterocycles. The molecule has 0 aromatic heterocycles. The third-order valence-corrected chi connectivity index (χ3v) is 3.71. The summed E-state index contributed by atoms with van der Waals surface area (Å²) in [6.45, 7) is 6.36. The molecule has 1 saturated heterocycles.